The van der Waals surface area contributed by atoms with Gasteiger partial charge in [-0.05, 0) is 40.0 Å². The molecule has 0 saturated heterocycles. The maximum absolute atomic E-state index is 10.2. The largest absolute Gasteiger partial charge is 0.390 e. The average molecular weight is 211 g/mol. The fourth-order valence-corrected chi connectivity index (χ4v) is 2.81. The third-order valence-corrected chi connectivity index (χ3v) is 4.22. The van der Waals surface area contributed by atoms with E-state index < -0.39 is 16.6 Å². The summed E-state index contributed by atoms with van der Waals surface area (Å²) in [6.07, 6.45) is 2.15. The minimum atomic E-state index is -1.08. The molecule has 0 aromatic rings. The summed E-state index contributed by atoms with van der Waals surface area (Å²) in [4.78, 5) is 0. The molecule has 1 saturated carbocycles. The van der Waals surface area contributed by atoms with Crippen LogP contribution in [-0.4, -0.2) is 21.4 Å². The monoisotopic (exact) mass is 211 g/mol. The first-order valence-electron chi connectivity index (χ1n) is 5.53. The van der Waals surface area contributed by atoms with Crippen LogP contribution in [-0.2, 0) is 0 Å². The fourth-order valence-electron chi connectivity index (χ4n) is 2.81. The van der Waals surface area contributed by atoms with Gasteiger partial charge in [-0.1, -0.05) is 6.92 Å². The molecule has 3 nitrogen and oxygen atoms in total. The van der Waals surface area contributed by atoms with Gasteiger partial charge in [0.05, 0.1) is 22.7 Å². The lowest BCUT2D eigenvalue weighted by Gasteiger charge is -2.51. The standard InChI is InChI=1S/C12H21NO2/c1-9-11(4,15)6-5-7-12(9,8-13)10(2,3)14/h9,14-15H,5-7H2,1-4H3/t9-,11-,12-/m0/s1. The predicted molar refractivity (Wildman–Crippen MR) is 58.0 cm³/mol. The molecule has 1 aliphatic carbocycles. The number of nitrogens with zero attached hydrogens (tertiary/aromatic N) is 1. The van der Waals surface area contributed by atoms with Gasteiger partial charge in [0, 0.05) is 5.92 Å². The SMILES string of the molecule is C[C@H]1[C@@](C)(O)CCC[C@@]1(C#N)C(C)(C)O. The summed E-state index contributed by atoms with van der Waals surface area (Å²) in [6, 6.07) is 2.25. The van der Waals surface area contributed by atoms with Crippen LogP contribution in [0.25, 0.3) is 0 Å². The molecule has 0 amide bonds. The van der Waals surface area contributed by atoms with E-state index in [1.165, 1.54) is 0 Å². The normalized spacial score (nSPS) is 42.3. The second-order valence-electron chi connectivity index (χ2n) is 5.57. The lowest BCUT2D eigenvalue weighted by Crippen LogP contribution is -2.56. The average Bonchev–Trinajstić information content (AvgIpc) is 2.08. The number of nitriles is 1. The van der Waals surface area contributed by atoms with Crippen molar-refractivity contribution in [2.45, 2.75) is 58.2 Å². The van der Waals surface area contributed by atoms with Gasteiger partial charge < -0.3 is 10.2 Å². The van der Waals surface area contributed by atoms with Crippen LogP contribution in [0.5, 0.6) is 0 Å². The van der Waals surface area contributed by atoms with Crippen molar-refractivity contribution < 1.29 is 10.2 Å². The summed E-state index contributed by atoms with van der Waals surface area (Å²) in [5.74, 6) is -0.219. The Kier molecular flexibility index (Phi) is 2.88. The van der Waals surface area contributed by atoms with Gasteiger partial charge in [-0.2, -0.15) is 5.26 Å². The highest BCUT2D eigenvalue weighted by Crippen LogP contribution is 2.51. The zero-order valence-corrected chi connectivity index (χ0v) is 10.0. The summed E-state index contributed by atoms with van der Waals surface area (Å²) in [7, 11) is 0. The Morgan fingerprint density at radius 3 is 2.27 bits per heavy atom. The van der Waals surface area contributed by atoms with Crippen molar-refractivity contribution in [3.05, 3.63) is 0 Å². The van der Waals surface area contributed by atoms with Crippen molar-refractivity contribution in [3.8, 4) is 6.07 Å². The molecule has 1 rings (SSSR count). The van der Waals surface area contributed by atoms with Gasteiger partial charge in [0.25, 0.3) is 0 Å². The van der Waals surface area contributed by atoms with Gasteiger partial charge in [-0.25, -0.2) is 0 Å². The third-order valence-electron chi connectivity index (χ3n) is 4.22. The van der Waals surface area contributed by atoms with Crippen LogP contribution in [0.1, 0.15) is 47.0 Å². The quantitative estimate of drug-likeness (QED) is 0.695. The molecule has 0 radical (unpaired) electrons. The van der Waals surface area contributed by atoms with E-state index in [0.717, 1.165) is 6.42 Å². The summed E-state index contributed by atoms with van der Waals surface area (Å²) in [5.41, 5.74) is -2.77. The summed E-state index contributed by atoms with van der Waals surface area (Å²) >= 11 is 0. The van der Waals surface area contributed by atoms with Crippen LogP contribution in [0.3, 0.4) is 0 Å². The van der Waals surface area contributed by atoms with E-state index in [1.54, 1.807) is 20.8 Å². The Hall–Kier alpha value is -0.590. The van der Waals surface area contributed by atoms with Crippen molar-refractivity contribution in [3.63, 3.8) is 0 Å². The van der Waals surface area contributed by atoms with Crippen LogP contribution < -0.4 is 0 Å². The molecule has 2 N–H and O–H groups in total. The second kappa shape index (κ2) is 3.47. The van der Waals surface area contributed by atoms with Crippen molar-refractivity contribution in [1.29, 1.82) is 5.26 Å². The molecule has 1 fully saturated rings. The smallest absolute Gasteiger partial charge is 0.0907 e. The topological polar surface area (TPSA) is 64.2 Å². The van der Waals surface area contributed by atoms with Crippen molar-refractivity contribution in [1.82, 2.24) is 0 Å². The van der Waals surface area contributed by atoms with E-state index in [0.29, 0.717) is 12.8 Å². The lowest BCUT2D eigenvalue weighted by atomic mass is 9.55. The maximum Gasteiger partial charge on any atom is 0.0907 e. The minimum absolute atomic E-state index is 0.219. The first kappa shape index (κ1) is 12.5. The zero-order valence-electron chi connectivity index (χ0n) is 10.0. The molecular formula is C12H21NO2. The van der Waals surface area contributed by atoms with Gasteiger partial charge >= 0.3 is 0 Å². The van der Waals surface area contributed by atoms with E-state index in [2.05, 4.69) is 6.07 Å². The fraction of sp³-hybridized carbons (Fsp3) is 0.917. The molecule has 0 unspecified atom stereocenters. The highest BCUT2D eigenvalue weighted by molar-refractivity contribution is 5.16. The first-order chi connectivity index (χ1) is 6.67. The Balaban J connectivity index is 3.16. The number of aliphatic hydroxyl groups is 2. The van der Waals surface area contributed by atoms with Crippen LogP contribution in [0.4, 0.5) is 0 Å². The molecule has 3 heteroatoms. The van der Waals surface area contributed by atoms with E-state index in [1.807, 2.05) is 6.92 Å². The minimum Gasteiger partial charge on any atom is -0.390 e. The highest BCUT2D eigenvalue weighted by Gasteiger charge is 2.56. The van der Waals surface area contributed by atoms with Gasteiger partial charge in [-0.15, -0.1) is 0 Å². The Labute approximate surface area is 91.7 Å². The van der Waals surface area contributed by atoms with Crippen molar-refractivity contribution >= 4 is 0 Å². The maximum atomic E-state index is 10.2. The molecule has 0 aliphatic heterocycles. The summed E-state index contributed by atoms with van der Waals surface area (Å²) in [5, 5.41) is 29.7. The molecule has 0 heterocycles. The lowest BCUT2D eigenvalue weighted by molar-refractivity contribution is -0.145. The van der Waals surface area contributed by atoms with E-state index >= 15 is 0 Å². The molecule has 1 aliphatic rings. The van der Waals surface area contributed by atoms with Gasteiger partial charge in [0.15, 0.2) is 0 Å². The van der Waals surface area contributed by atoms with E-state index in [-0.39, 0.29) is 5.92 Å². The molecule has 0 aromatic carbocycles. The summed E-state index contributed by atoms with van der Waals surface area (Å²) in [6.45, 7) is 6.94. The van der Waals surface area contributed by atoms with Crippen LogP contribution in [0, 0.1) is 22.7 Å². The predicted octanol–water partition coefficient (Wildman–Crippen LogP) is 1.84. The van der Waals surface area contributed by atoms with Crippen molar-refractivity contribution in [2.24, 2.45) is 11.3 Å². The number of hydrogen-bond donors (Lipinski definition) is 2. The molecule has 0 aromatic heterocycles. The molecule has 3 atom stereocenters. The molecule has 0 bridgehead atoms. The van der Waals surface area contributed by atoms with Crippen LogP contribution in [0.15, 0.2) is 0 Å². The van der Waals surface area contributed by atoms with Gasteiger partial charge in [0.2, 0.25) is 0 Å². The van der Waals surface area contributed by atoms with Crippen molar-refractivity contribution in [2.75, 3.05) is 0 Å². The van der Waals surface area contributed by atoms with Gasteiger partial charge in [0.1, 0.15) is 0 Å². The Bertz CT molecular complexity index is 285. The Morgan fingerprint density at radius 2 is 1.93 bits per heavy atom. The van der Waals surface area contributed by atoms with Crippen LogP contribution in [0.2, 0.25) is 0 Å². The highest BCUT2D eigenvalue weighted by atomic mass is 16.3. The molecular weight excluding hydrogens is 190 g/mol. The molecule has 86 valence electrons. The summed E-state index contributed by atoms with van der Waals surface area (Å²) < 4.78 is 0. The first-order valence-corrected chi connectivity index (χ1v) is 5.53. The van der Waals surface area contributed by atoms with Gasteiger partial charge in [-0.3, -0.25) is 0 Å². The number of rotatable bonds is 1. The second-order valence-corrected chi connectivity index (χ2v) is 5.57. The van der Waals surface area contributed by atoms with E-state index in [9.17, 15) is 15.5 Å². The van der Waals surface area contributed by atoms with Crippen LogP contribution >= 0.6 is 0 Å². The number of hydrogen-bond acceptors (Lipinski definition) is 3. The zero-order chi connectivity index (χ0) is 11.9. The Morgan fingerprint density at radius 1 is 1.40 bits per heavy atom. The molecule has 15 heavy (non-hydrogen) atoms. The third kappa shape index (κ3) is 1.77. The molecule has 0 spiro atoms. The van der Waals surface area contributed by atoms with E-state index in [4.69, 9.17) is 0 Å².